The fourth-order valence-corrected chi connectivity index (χ4v) is 2.96. The van der Waals surface area contributed by atoms with Gasteiger partial charge in [0.2, 0.25) is 5.91 Å². The molecule has 1 saturated heterocycles. The van der Waals surface area contributed by atoms with E-state index in [0.717, 1.165) is 6.42 Å². The molecule has 1 amide bonds. The van der Waals surface area contributed by atoms with Crippen molar-refractivity contribution in [2.24, 2.45) is 5.73 Å². The van der Waals surface area contributed by atoms with E-state index in [1.165, 1.54) is 12.1 Å². The van der Waals surface area contributed by atoms with Gasteiger partial charge in [-0.1, -0.05) is 17.7 Å². The third kappa shape index (κ3) is 4.32. The number of rotatable bonds is 4. The van der Waals surface area contributed by atoms with Gasteiger partial charge in [0.25, 0.3) is 0 Å². The summed E-state index contributed by atoms with van der Waals surface area (Å²) in [5.41, 5.74) is 6.00. The predicted octanol–water partition coefficient (Wildman–Crippen LogP) is 2.41. The van der Waals surface area contributed by atoms with Gasteiger partial charge < -0.3 is 15.4 Å². The molecule has 0 saturated carbocycles. The molecule has 22 heavy (non-hydrogen) atoms. The van der Waals surface area contributed by atoms with Crippen LogP contribution in [0.3, 0.4) is 0 Å². The van der Waals surface area contributed by atoms with Crippen molar-refractivity contribution in [3.63, 3.8) is 0 Å². The lowest BCUT2D eigenvalue weighted by molar-refractivity contribution is -0.136. The van der Waals surface area contributed by atoms with Gasteiger partial charge in [0.1, 0.15) is 5.82 Å². The van der Waals surface area contributed by atoms with Crippen LogP contribution < -0.4 is 5.73 Å². The van der Waals surface area contributed by atoms with Crippen LogP contribution in [0.2, 0.25) is 5.02 Å². The molecule has 1 aliphatic heterocycles. The molecule has 4 nitrogen and oxygen atoms in total. The molecule has 2 unspecified atom stereocenters. The summed E-state index contributed by atoms with van der Waals surface area (Å²) < 4.78 is 19.1. The third-order valence-corrected chi connectivity index (χ3v) is 4.34. The highest BCUT2D eigenvalue weighted by Crippen LogP contribution is 2.23. The van der Waals surface area contributed by atoms with Gasteiger partial charge in [-0.25, -0.2) is 4.39 Å². The van der Waals surface area contributed by atoms with Gasteiger partial charge in [0.15, 0.2) is 0 Å². The van der Waals surface area contributed by atoms with Gasteiger partial charge >= 0.3 is 0 Å². The van der Waals surface area contributed by atoms with E-state index in [4.69, 9.17) is 22.1 Å². The molecule has 0 aliphatic carbocycles. The van der Waals surface area contributed by atoms with Crippen molar-refractivity contribution in [1.29, 1.82) is 0 Å². The number of carbonyl (C=O) groups is 1. The number of piperidine rings is 1. The van der Waals surface area contributed by atoms with E-state index in [2.05, 4.69) is 0 Å². The molecule has 1 aromatic carbocycles. The summed E-state index contributed by atoms with van der Waals surface area (Å²) in [6.45, 7) is 0.946. The summed E-state index contributed by atoms with van der Waals surface area (Å²) in [5, 5.41) is 0.277. The summed E-state index contributed by atoms with van der Waals surface area (Å²) in [4.78, 5) is 14.2. The Bertz CT molecular complexity index is 496. The van der Waals surface area contributed by atoms with Crippen LogP contribution in [0.5, 0.6) is 0 Å². The Morgan fingerprint density at radius 2 is 2.27 bits per heavy atom. The van der Waals surface area contributed by atoms with E-state index in [1.807, 2.05) is 0 Å². The average Bonchev–Trinajstić information content (AvgIpc) is 2.50. The normalized spacial score (nSPS) is 21.4. The number of halogens is 3. The topological polar surface area (TPSA) is 55.6 Å². The Morgan fingerprint density at radius 1 is 1.55 bits per heavy atom. The first-order valence-corrected chi connectivity index (χ1v) is 7.39. The van der Waals surface area contributed by atoms with E-state index >= 15 is 0 Å². The standard InChI is InChI=1S/C15H20ClFN2O2.ClH/c1-21-11-5-6-19(10(7-11)9-18)15(20)8-12-13(16)3-2-4-14(12)17;/h2-4,10-11H,5-9,18H2,1H3;1H. The molecule has 2 atom stereocenters. The van der Waals surface area contributed by atoms with Crippen LogP contribution in [0.15, 0.2) is 18.2 Å². The Kier molecular flexibility index (Phi) is 7.56. The maximum absolute atomic E-state index is 13.8. The first-order valence-electron chi connectivity index (χ1n) is 7.02. The van der Waals surface area contributed by atoms with Crippen molar-refractivity contribution in [3.8, 4) is 0 Å². The first-order chi connectivity index (χ1) is 10.1. The smallest absolute Gasteiger partial charge is 0.227 e. The Hall–Kier alpha value is -0.880. The summed E-state index contributed by atoms with van der Waals surface area (Å²) >= 11 is 5.97. The van der Waals surface area contributed by atoms with Crippen LogP contribution in [0, 0.1) is 5.82 Å². The number of carbonyl (C=O) groups excluding carboxylic acids is 1. The number of hydrogen-bond acceptors (Lipinski definition) is 3. The summed E-state index contributed by atoms with van der Waals surface area (Å²) in [5.74, 6) is -0.598. The van der Waals surface area contributed by atoms with Crippen molar-refractivity contribution >= 4 is 29.9 Å². The van der Waals surface area contributed by atoms with Crippen LogP contribution in [0.4, 0.5) is 4.39 Å². The SMILES string of the molecule is COC1CCN(C(=O)Cc2c(F)cccc2Cl)C(CN)C1.Cl. The fourth-order valence-electron chi connectivity index (χ4n) is 2.73. The van der Waals surface area contributed by atoms with Crippen LogP contribution in [0.25, 0.3) is 0 Å². The maximum Gasteiger partial charge on any atom is 0.227 e. The Morgan fingerprint density at radius 3 is 2.86 bits per heavy atom. The lowest BCUT2D eigenvalue weighted by Crippen LogP contribution is -2.51. The number of nitrogens with zero attached hydrogens (tertiary/aromatic N) is 1. The van der Waals surface area contributed by atoms with Gasteiger partial charge in [0, 0.05) is 36.8 Å². The molecule has 7 heteroatoms. The minimum atomic E-state index is -0.452. The highest BCUT2D eigenvalue weighted by molar-refractivity contribution is 6.31. The monoisotopic (exact) mass is 350 g/mol. The minimum Gasteiger partial charge on any atom is -0.381 e. The maximum atomic E-state index is 13.8. The number of nitrogens with two attached hydrogens (primary N) is 1. The molecule has 1 aliphatic rings. The van der Waals surface area contributed by atoms with Crippen LogP contribution >= 0.6 is 24.0 Å². The zero-order valence-corrected chi connectivity index (χ0v) is 14.0. The lowest BCUT2D eigenvalue weighted by atomic mass is 9.98. The molecule has 2 N–H and O–H groups in total. The van der Waals surface area contributed by atoms with Crippen molar-refractivity contribution < 1.29 is 13.9 Å². The molecule has 0 radical (unpaired) electrons. The first kappa shape index (κ1) is 19.2. The van der Waals surface area contributed by atoms with Gasteiger partial charge in [-0.05, 0) is 25.0 Å². The van der Waals surface area contributed by atoms with Crippen LogP contribution in [0.1, 0.15) is 18.4 Å². The molecule has 0 aromatic heterocycles. The van der Waals surface area contributed by atoms with Gasteiger partial charge in [0.05, 0.1) is 12.5 Å². The molecular formula is C15H21Cl2FN2O2. The molecular weight excluding hydrogens is 330 g/mol. The van der Waals surface area contributed by atoms with Crippen molar-refractivity contribution in [1.82, 2.24) is 4.90 Å². The molecule has 1 fully saturated rings. The second-order valence-corrected chi connectivity index (χ2v) is 5.64. The number of likely N-dealkylation sites (tertiary alicyclic amines) is 1. The Balaban J connectivity index is 0.00000242. The van der Waals surface area contributed by atoms with E-state index in [9.17, 15) is 9.18 Å². The zero-order chi connectivity index (χ0) is 15.4. The summed E-state index contributed by atoms with van der Waals surface area (Å²) in [7, 11) is 1.66. The molecule has 0 bridgehead atoms. The average molecular weight is 351 g/mol. The minimum absolute atomic E-state index is 0. The van der Waals surface area contributed by atoms with Crippen LogP contribution in [-0.4, -0.2) is 43.2 Å². The van der Waals surface area contributed by atoms with Crippen molar-refractivity contribution in [2.45, 2.75) is 31.4 Å². The molecule has 1 aromatic rings. The summed E-state index contributed by atoms with van der Waals surface area (Å²) in [6, 6.07) is 4.36. The number of benzene rings is 1. The molecule has 124 valence electrons. The van der Waals surface area contributed by atoms with Gasteiger partial charge in [-0.15, -0.1) is 12.4 Å². The largest absolute Gasteiger partial charge is 0.381 e. The number of ether oxygens (including phenoxy) is 1. The molecule has 1 heterocycles. The van der Waals surface area contributed by atoms with Crippen molar-refractivity contribution in [3.05, 3.63) is 34.6 Å². The Labute approximate surface area is 141 Å². The zero-order valence-electron chi connectivity index (χ0n) is 12.4. The lowest BCUT2D eigenvalue weighted by Gasteiger charge is -2.38. The second-order valence-electron chi connectivity index (χ2n) is 5.24. The molecule has 2 rings (SSSR count). The predicted molar refractivity (Wildman–Crippen MR) is 86.9 cm³/mol. The molecule has 0 spiro atoms. The highest BCUT2D eigenvalue weighted by Gasteiger charge is 2.31. The number of methoxy groups -OCH3 is 1. The van der Waals surface area contributed by atoms with E-state index < -0.39 is 5.82 Å². The third-order valence-electron chi connectivity index (χ3n) is 3.98. The van der Waals surface area contributed by atoms with Gasteiger partial charge in [-0.2, -0.15) is 0 Å². The fraction of sp³-hybridized carbons (Fsp3) is 0.533. The number of amides is 1. The number of hydrogen-bond donors (Lipinski definition) is 1. The highest BCUT2D eigenvalue weighted by atomic mass is 35.5. The van der Waals surface area contributed by atoms with E-state index in [0.29, 0.717) is 19.5 Å². The van der Waals surface area contributed by atoms with E-state index in [1.54, 1.807) is 18.1 Å². The summed E-state index contributed by atoms with van der Waals surface area (Å²) in [6.07, 6.45) is 1.56. The van der Waals surface area contributed by atoms with Crippen LogP contribution in [-0.2, 0) is 16.0 Å². The van der Waals surface area contributed by atoms with E-state index in [-0.39, 0.29) is 47.5 Å². The van der Waals surface area contributed by atoms with Crippen molar-refractivity contribution in [2.75, 3.05) is 20.2 Å². The van der Waals surface area contributed by atoms with Gasteiger partial charge in [-0.3, -0.25) is 4.79 Å². The quantitative estimate of drug-likeness (QED) is 0.906. The second kappa shape index (κ2) is 8.67.